The Hall–Kier alpha value is -2.71. The Morgan fingerprint density at radius 3 is 2.52 bits per heavy atom. The average molecular weight is 360 g/mol. The molecule has 0 aliphatic rings. The average Bonchev–Trinajstić information content (AvgIpc) is 2.89. The fourth-order valence-electron chi connectivity index (χ4n) is 2.42. The number of carbonyl (C=O) groups is 1. The minimum atomic E-state index is -3.90. The lowest BCUT2D eigenvalue weighted by Crippen LogP contribution is -2.09. The first-order valence-corrected chi connectivity index (χ1v) is 8.83. The minimum Gasteiger partial charge on any atom is -0.478 e. The van der Waals surface area contributed by atoms with Crippen molar-refractivity contribution in [3.63, 3.8) is 0 Å². The van der Waals surface area contributed by atoms with Crippen molar-refractivity contribution in [3.8, 4) is 0 Å². The zero-order chi connectivity index (χ0) is 18.2. The van der Waals surface area contributed by atoms with Crippen molar-refractivity contribution in [1.82, 2.24) is 9.55 Å². The molecule has 0 atom stereocenters. The Morgan fingerprint density at radius 2 is 1.88 bits per heavy atom. The number of aromatic carboxylic acids is 1. The molecule has 0 fully saturated rings. The zero-order valence-corrected chi connectivity index (χ0v) is 14.4. The predicted molar refractivity (Wildman–Crippen MR) is 90.8 cm³/mol. The molecule has 25 heavy (non-hydrogen) atoms. The molecule has 1 N–H and O–H groups in total. The summed E-state index contributed by atoms with van der Waals surface area (Å²) in [5, 5.41) is 9.04. The van der Waals surface area contributed by atoms with Crippen LogP contribution in [0.5, 0.6) is 0 Å². The maximum Gasteiger partial charge on any atom is 0.335 e. The van der Waals surface area contributed by atoms with E-state index in [2.05, 4.69) is 4.98 Å². The van der Waals surface area contributed by atoms with Gasteiger partial charge in [-0.1, -0.05) is 17.7 Å². The smallest absolute Gasteiger partial charge is 0.335 e. The summed E-state index contributed by atoms with van der Waals surface area (Å²) in [5.41, 5.74) is 2.22. The second kappa shape index (κ2) is 6.30. The molecule has 0 saturated carbocycles. The lowest BCUT2D eigenvalue weighted by Gasteiger charge is -2.06. The van der Waals surface area contributed by atoms with E-state index >= 15 is 0 Å². The highest BCUT2D eigenvalue weighted by Gasteiger charge is 2.18. The summed E-state index contributed by atoms with van der Waals surface area (Å²) in [6.07, 6.45) is 0. The van der Waals surface area contributed by atoms with Crippen LogP contribution in [0.3, 0.4) is 0 Å². The fraction of sp³-hybridized carbons (Fsp3) is 0.176. The first kappa shape index (κ1) is 17.1. The number of aryl methyl sites for hydroxylation is 2. The molecular weight excluding hydrogens is 344 g/mol. The van der Waals surface area contributed by atoms with Crippen molar-refractivity contribution in [2.75, 3.05) is 0 Å². The normalized spacial score (nSPS) is 11.8. The van der Waals surface area contributed by atoms with Crippen LogP contribution in [0.25, 0.3) is 11.0 Å². The summed E-state index contributed by atoms with van der Waals surface area (Å²) >= 11 is 0. The Kier molecular flexibility index (Phi) is 4.32. The number of rotatable bonds is 5. The first-order valence-electron chi connectivity index (χ1n) is 7.43. The second-order valence-corrected chi connectivity index (χ2v) is 7.24. The van der Waals surface area contributed by atoms with Gasteiger partial charge in [0, 0.05) is 7.05 Å². The lowest BCUT2D eigenvalue weighted by atomic mass is 10.2. The molecule has 0 aliphatic carbocycles. The van der Waals surface area contributed by atoms with Crippen molar-refractivity contribution in [2.45, 2.75) is 18.4 Å². The maximum absolute atomic E-state index is 12.2. The van der Waals surface area contributed by atoms with E-state index in [1.807, 2.05) is 6.92 Å². The number of carboxylic acid groups (broad SMARTS) is 1. The highest BCUT2D eigenvalue weighted by molar-refractivity contribution is 7.86. The molecule has 3 rings (SSSR count). The molecule has 8 heteroatoms. The number of nitrogens with zero attached hydrogens (tertiary/aromatic N) is 2. The van der Waals surface area contributed by atoms with Crippen molar-refractivity contribution in [1.29, 1.82) is 0 Å². The van der Waals surface area contributed by atoms with Crippen molar-refractivity contribution >= 4 is 27.1 Å². The van der Waals surface area contributed by atoms with Crippen LogP contribution >= 0.6 is 0 Å². The Labute approximate surface area is 144 Å². The lowest BCUT2D eigenvalue weighted by molar-refractivity contribution is 0.0697. The quantitative estimate of drug-likeness (QED) is 0.702. The van der Waals surface area contributed by atoms with Crippen LogP contribution in [0.1, 0.15) is 21.7 Å². The highest BCUT2D eigenvalue weighted by Crippen LogP contribution is 2.20. The largest absolute Gasteiger partial charge is 0.478 e. The molecule has 3 aromatic rings. The summed E-state index contributed by atoms with van der Waals surface area (Å²) < 4.78 is 31.3. The third-order valence-corrected chi connectivity index (χ3v) is 5.15. The van der Waals surface area contributed by atoms with Crippen LogP contribution in [-0.2, 0) is 28.0 Å². The van der Waals surface area contributed by atoms with Crippen LogP contribution in [-0.4, -0.2) is 29.0 Å². The fourth-order valence-corrected chi connectivity index (χ4v) is 3.28. The predicted octanol–water partition coefficient (Wildman–Crippen LogP) is 2.49. The van der Waals surface area contributed by atoms with Gasteiger partial charge in [-0.15, -0.1) is 0 Å². The third-order valence-electron chi connectivity index (χ3n) is 3.87. The van der Waals surface area contributed by atoms with E-state index in [-0.39, 0.29) is 17.1 Å². The molecule has 0 spiro atoms. The number of benzene rings is 2. The van der Waals surface area contributed by atoms with Crippen LogP contribution in [0.4, 0.5) is 0 Å². The summed E-state index contributed by atoms with van der Waals surface area (Å²) in [7, 11) is -2.18. The van der Waals surface area contributed by atoms with Gasteiger partial charge in [0.2, 0.25) is 0 Å². The van der Waals surface area contributed by atoms with Gasteiger partial charge >= 0.3 is 5.97 Å². The molecule has 0 saturated heterocycles. The maximum atomic E-state index is 12.2. The monoisotopic (exact) mass is 360 g/mol. The van der Waals surface area contributed by atoms with E-state index in [0.29, 0.717) is 16.9 Å². The van der Waals surface area contributed by atoms with Crippen LogP contribution in [0.2, 0.25) is 0 Å². The number of fused-ring (bicyclic) bond motifs is 1. The molecule has 130 valence electrons. The molecule has 0 radical (unpaired) electrons. The van der Waals surface area contributed by atoms with Gasteiger partial charge in [-0.25, -0.2) is 9.78 Å². The SMILES string of the molecule is Cc1ccc(S(=O)(=O)OCc2nc3cc(C(=O)O)ccc3n2C)cc1. The van der Waals surface area contributed by atoms with E-state index in [4.69, 9.17) is 9.29 Å². The molecule has 2 aromatic carbocycles. The molecule has 1 heterocycles. The van der Waals surface area contributed by atoms with E-state index in [1.165, 1.54) is 24.3 Å². The first-order chi connectivity index (χ1) is 11.8. The Morgan fingerprint density at radius 1 is 1.20 bits per heavy atom. The molecule has 7 nitrogen and oxygen atoms in total. The number of aromatic nitrogens is 2. The van der Waals surface area contributed by atoms with Gasteiger partial charge in [0.05, 0.1) is 21.5 Å². The van der Waals surface area contributed by atoms with Crippen LogP contribution in [0.15, 0.2) is 47.4 Å². The molecule has 0 aliphatic heterocycles. The van der Waals surface area contributed by atoms with E-state index in [1.54, 1.807) is 29.8 Å². The van der Waals surface area contributed by atoms with Crippen molar-refractivity contribution in [3.05, 3.63) is 59.4 Å². The molecule has 0 unspecified atom stereocenters. The number of carboxylic acids is 1. The van der Waals surface area contributed by atoms with E-state index in [9.17, 15) is 13.2 Å². The summed E-state index contributed by atoms with van der Waals surface area (Å²) in [5.74, 6) is -0.666. The van der Waals surface area contributed by atoms with E-state index < -0.39 is 16.1 Å². The number of hydrogen-bond donors (Lipinski definition) is 1. The molecular formula is C17H16N2O5S. The Bertz CT molecular complexity index is 1050. The number of hydrogen-bond acceptors (Lipinski definition) is 5. The minimum absolute atomic E-state index is 0.0741. The molecule has 0 amide bonds. The van der Waals surface area contributed by atoms with Gasteiger partial charge in [0.1, 0.15) is 12.4 Å². The van der Waals surface area contributed by atoms with Gasteiger partial charge in [-0.3, -0.25) is 4.18 Å². The van der Waals surface area contributed by atoms with Crippen LogP contribution in [0, 0.1) is 6.92 Å². The molecule has 0 bridgehead atoms. The Balaban J connectivity index is 1.86. The van der Waals surface area contributed by atoms with Crippen molar-refractivity contribution < 1.29 is 22.5 Å². The summed E-state index contributed by atoms with van der Waals surface area (Å²) in [6, 6.07) is 10.9. The van der Waals surface area contributed by atoms with Gasteiger partial charge in [-0.2, -0.15) is 8.42 Å². The van der Waals surface area contributed by atoms with Gasteiger partial charge < -0.3 is 9.67 Å². The topological polar surface area (TPSA) is 98.5 Å². The third kappa shape index (κ3) is 3.40. The molecule has 1 aromatic heterocycles. The van der Waals surface area contributed by atoms with Gasteiger partial charge in [0.15, 0.2) is 0 Å². The van der Waals surface area contributed by atoms with Crippen molar-refractivity contribution in [2.24, 2.45) is 7.05 Å². The van der Waals surface area contributed by atoms with Gasteiger partial charge in [0.25, 0.3) is 10.1 Å². The zero-order valence-electron chi connectivity index (χ0n) is 13.6. The second-order valence-electron chi connectivity index (χ2n) is 5.63. The highest BCUT2D eigenvalue weighted by atomic mass is 32.2. The van der Waals surface area contributed by atoms with Gasteiger partial charge in [-0.05, 0) is 37.3 Å². The van der Waals surface area contributed by atoms with Crippen LogP contribution < -0.4 is 0 Å². The summed E-state index contributed by atoms with van der Waals surface area (Å²) in [6.45, 7) is 1.62. The van der Waals surface area contributed by atoms with E-state index in [0.717, 1.165) is 5.56 Å². The number of imidazole rings is 1. The standard InChI is InChI=1S/C17H16N2O5S/c1-11-3-6-13(7-4-11)25(22,23)24-10-16-18-14-9-12(17(20)21)5-8-15(14)19(16)2/h3-9H,10H2,1-2H3,(H,20,21). The summed E-state index contributed by atoms with van der Waals surface area (Å²) in [4.78, 5) is 15.4.